The Labute approximate surface area is 116 Å². The number of carbonyl (C=O) groups excluding carboxylic acids is 1. The first-order valence-electron chi connectivity index (χ1n) is 7.17. The van der Waals surface area contributed by atoms with Crippen molar-refractivity contribution in [2.24, 2.45) is 0 Å². The number of likely N-dealkylation sites (tertiary alicyclic amines) is 1. The number of nitrogens with zero attached hydrogens (tertiary/aromatic N) is 2. The number of rotatable bonds is 5. The summed E-state index contributed by atoms with van der Waals surface area (Å²) < 4.78 is 0. The molecule has 1 amide bonds. The third kappa shape index (κ3) is 3.80. The lowest BCUT2D eigenvalue weighted by Gasteiger charge is -2.26. The molecule has 0 aromatic heterocycles. The van der Waals surface area contributed by atoms with Gasteiger partial charge in [-0.25, -0.2) is 0 Å². The van der Waals surface area contributed by atoms with Crippen molar-refractivity contribution in [3.05, 3.63) is 35.9 Å². The summed E-state index contributed by atoms with van der Waals surface area (Å²) in [5.74, 6) is 0.261. The Morgan fingerprint density at radius 1 is 1.32 bits per heavy atom. The highest BCUT2D eigenvalue weighted by molar-refractivity contribution is 5.81. The topological polar surface area (TPSA) is 23.6 Å². The lowest BCUT2D eigenvalue weighted by atomic mass is 10.1. The second-order valence-electron chi connectivity index (χ2n) is 5.52. The number of carbonyl (C=O) groups is 1. The molecule has 19 heavy (non-hydrogen) atoms. The summed E-state index contributed by atoms with van der Waals surface area (Å²) in [5.41, 5.74) is 1.39. The van der Waals surface area contributed by atoms with Crippen LogP contribution in [0.15, 0.2) is 30.3 Å². The molecule has 1 heterocycles. The molecule has 1 saturated heterocycles. The Balaban J connectivity index is 1.80. The summed E-state index contributed by atoms with van der Waals surface area (Å²) in [5, 5.41) is 0. The average molecular weight is 260 g/mol. The summed E-state index contributed by atoms with van der Waals surface area (Å²) in [6, 6.07) is 10.7. The van der Waals surface area contributed by atoms with Gasteiger partial charge in [0.15, 0.2) is 0 Å². The molecule has 0 N–H and O–H groups in total. The van der Waals surface area contributed by atoms with Crippen LogP contribution in [0.25, 0.3) is 0 Å². The summed E-state index contributed by atoms with van der Waals surface area (Å²) in [4.78, 5) is 16.1. The van der Waals surface area contributed by atoms with Gasteiger partial charge in [-0.05, 0) is 44.3 Å². The highest BCUT2D eigenvalue weighted by atomic mass is 16.2. The van der Waals surface area contributed by atoms with E-state index in [9.17, 15) is 4.79 Å². The maximum atomic E-state index is 12.1. The quantitative estimate of drug-likeness (QED) is 0.810. The fourth-order valence-corrected chi connectivity index (χ4v) is 2.80. The van der Waals surface area contributed by atoms with Gasteiger partial charge in [0.1, 0.15) is 0 Å². The normalized spacial score (nSPS) is 19.6. The zero-order chi connectivity index (χ0) is 13.7. The molecule has 1 fully saturated rings. The second kappa shape index (κ2) is 6.71. The van der Waals surface area contributed by atoms with E-state index in [2.05, 4.69) is 35.2 Å². The third-order valence-corrected chi connectivity index (χ3v) is 3.84. The van der Waals surface area contributed by atoms with Crippen LogP contribution < -0.4 is 0 Å². The molecule has 0 saturated carbocycles. The molecule has 0 bridgehead atoms. The zero-order valence-corrected chi connectivity index (χ0v) is 12.0. The van der Waals surface area contributed by atoms with Gasteiger partial charge in [0.25, 0.3) is 0 Å². The van der Waals surface area contributed by atoms with Gasteiger partial charge in [-0.1, -0.05) is 30.3 Å². The third-order valence-electron chi connectivity index (χ3n) is 3.84. The Hall–Kier alpha value is -1.35. The summed E-state index contributed by atoms with van der Waals surface area (Å²) in [6.07, 6.45) is 4.39. The van der Waals surface area contributed by atoms with Gasteiger partial charge in [0.05, 0.1) is 6.04 Å². The van der Waals surface area contributed by atoms with Crippen molar-refractivity contribution in [1.82, 2.24) is 9.80 Å². The molecule has 1 aromatic rings. The lowest BCUT2D eigenvalue weighted by Crippen LogP contribution is -2.43. The SMILES string of the molecule is CN(C)C(=O)[C@H]1CCCN1CCCc1ccccc1. The summed E-state index contributed by atoms with van der Waals surface area (Å²) in [6.45, 7) is 2.10. The van der Waals surface area contributed by atoms with Crippen LogP contribution in [0.3, 0.4) is 0 Å². The highest BCUT2D eigenvalue weighted by Gasteiger charge is 2.30. The first-order valence-corrected chi connectivity index (χ1v) is 7.17. The van der Waals surface area contributed by atoms with E-state index >= 15 is 0 Å². The maximum Gasteiger partial charge on any atom is 0.239 e. The fourth-order valence-electron chi connectivity index (χ4n) is 2.80. The number of likely N-dealkylation sites (N-methyl/N-ethyl adjacent to an activating group) is 1. The van der Waals surface area contributed by atoms with Gasteiger partial charge in [-0.15, -0.1) is 0 Å². The van der Waals surface area contributed by atoms with Crippen LogP contribution in [0.2, 0.25) is 0 Å². The second-order valence-corrected chi connectivity index (χ2v) is 5.52. The van der Waals surface area contributed by atoms with Crippen LogP contribution in [0.4, 0.5) is 0 Å². The van der Waals surface area contributed by atoms with E-state index in [0.29, 0.717) is 0 Å². The number of hydrogen-bond donors (Lipinski definition) is 0. The van der Waals surface area contributed by atoms with E-state index in [1.807, 2.05) is 14.1 Å². The Bertz CT molecular complexity index is 402. The minimum atomic E-state index is 0.116. The maximum absolute atomic E-state index is 12.1. The lowest BCUT2D eigenvalue weighted by molar-refractivity contribution is -0.133. The number of amides is 1. The minimum Gasteiger partial charge on any atom is -0.347 e. The Morgan fingerprint density at radius 2 is 2.05 bits per heavy atom. The molecule has 1 aliphatic heterocycles. The monoisotopic (exact) mass is 260 g/mol. The van der Waals surface area contributed by atoms with Gasteiger partial charge in [0.2, 0.25) is 5.91 Å². The van der Waals surface area contributed by atoms with Crippen LogP contribution in [-0.2, 0) is 11.2 Å². The van der Waals surface area contributed by atoms with Crippen molar-refractivity contribution in [3.63, 3.8) is 0 Å². The predicted octanol–water partition coefficient (Wildman–Crippen LogP) is 2.17. The largest absolute Gasteiger partial charge is 0.347 e. The van der Waals surface area contributed by atoms with Gasteiger partial charge in [0, 0.05) is 14.1 Å². The minimum absolute atomic E-state index is 0.116. The number of hydrogen-bond acceptors (Lipinski definition) is 2. The zero-order valence-electron chi connectivity index (χ0n) is 12.0. The van der Waals surface area contributed by atoms with Crippen molar-refractivity contribution in [2.75, 3.05) is 27.2 Å². The molecule has 0 aliphatic carbocycles. The smallest absolute Gasteiger partial charge is 0.239 e. The van der Waals surface area contributed by atoms with E-state index in [1.54, 1.807) is 4.90 Å². The first-order chi connectivity index (χ1) is 9.18. The molecule has 104 valence electrons. The molecule has 0 radical (unpaired) electrons. The van der Waals surface area contributed by atoms with E-state index in [4.69, 9.17) is 0 Å². The standard InChI is InChI=1S/C16H24N2O/c1-17(2)16(19)15-11-7-13-18(15)12-6-10-14-8-4-3-5-9-14/h3-5,8-9,15H,6-7,10-13H2,1-2H3/t15-/m1/s1. The molecular formula is C16H24N2O. The molecule has 0 spiro atoms. The van der Waals surface area contributed by atoms with Crippen molar-refractivity contribution in [2.45, 2.75) is 31.7 Å². The predicted molar refractivity (Wildman–Crippen MR) is 78.1 cm³/mol. The van der Waals surface area contributed by atoms with Crippen LogP contribution in [0, 0.1) is 0 Å². The first kappa shape index (κ1) is 14.1. The Kier molecular flexibility index (Phi) is 4.97. The van der Waals surface area contributed by atoms with Crippen LogP contribution in [0.5, 0.6) is 0 Å². The molecule has 1 aromatic carbocycles. The van der Waals surface area contributed by atoms with Crippen LogP contribution >= 0.6 is 0 Å². The van der Waals surface area contributed by atoms with Crippen LogP contribution in [-0.4, -0.2) is 48.9 Å². The molecule has 3 nitrogen and oxygen atoms in total. The summed E-state index contributed by atoms with van der Waals surface area (Å²) in [7, 11) is 3.70. The van der Waals surface area contributed by atoms with E-state index in [0.717, 1.165) is 38.8 Å². The molecular weight excluding hydrogens is 236 g/mol. The molecule has 3 heteroatoms. The van der Waals surface area contributed by atoms with E-state index in [-0.39, 0.29) is 11.9 Å². The van der Waals surface area contributed by atoms with Crippen molar-refractivity contribution in [1.29, 1.82) is 0 Å². The van der Waals surface area contributed by atoms with Gasteiger partial charge in [-0.2, -0.15) is 0 Å². The molecule has 2 rings (SSSR count). The molecule has 1 aliphatic rings. The van der Waals surface area contributed by atoms with Crippen molar-refractivity contribution >= 4 is 5.91 Å². The Morgan fingerprint density at radius 3 is 2.74 bits per heavy atom. The number of aryl methyl sites for hydroxylation is 1. The van der Waals surface area contributed by atoms with Crippen molar-refractivity contribution < 1.29 is 4.79 Å². The molecule has 0 unspecified atom stereocenters. The average Bonchev–Trinajstić information content (AvgIpc) is 2.87. The van der Waals surface area contributed by atoms with Gasteiger partial charge < -0.3 is 4.90 Å². The number of benzene rings is 1. The summed E-state index contributed by atoms with van der Waals surface area (Å²) >= 11 is 0. The van der Waals surface area contributed by atoms with Gasteiger partial charge >= 0.3 is 0 Å². The highest BCUT2D eigenvalue weighted by Crippen LogP contribution is 2.19. The fraction of sp³-hybridized carbons (Fsp3) is 0.562. The molecule has 1 atom stereocenters. The van der Waals surface area contributed by atoms with Gasteiger partial charge in [-0.3, -0.25) is 9.69 Å². The van der Waals surface area contributed by atoms with Crippen molar-refractivity contribution in [3.8, 4) is 0 Å². The van der Waals surface area contributed by atoms with E-state index in [1.165, 1.54) is 5.56 Å². The van der Waals surface area contributed by atoms with Crippen LogP contribution in [0.1, 0.15) is 24.8 Å². The van der Waals surface area contributed by atoms with E-state index < -0.39 is 0 Å².